The molecule has 0 bridgehead atoms. The first-order valence-corrected chi connectivity index (χ1v) is 22.8. The van der Waals surface area contributed by atoms with Crippen molar-refractivity contribution >= 4 is 17.1 Å². The summed E-state index contributed by atoms with van der Waals surface area (Å²) in [5.74, 6) is 0. The normalized spacial score (nSPS) is 15.4. The molecular weight excluding hydrogens is 783 g/mol. The molecule has 0 saturated heterocycles. The van der Waals surface area contributed by atoms with Crippen molar-refractivity contribution in [2.24, 2.45) is 0 Å². The first-order valence-electron chi connectivity index (χ1n) is 22.8. The van der Waals surface area contributed by atoms with E-state index >= 15 is 0 Å². The maximum atomic E-state index is 2.51. The highest BCUT2D eigenvalue weighted by Crippen LogP contribution is 2.65. The molecule has 1 atom stereocenters. The summed E-state index contributed by atoms with van der Waals surface area (Å²) in [6.07, 6.45) is 0. The van der Waals surface area contributed by atoms with Crippen molar-refractivity contribution in [3.05, 3.63) is 270 Å². The minimum Gasteiger partial charge on any atom is -0.310 e. The number of anilines is 3. The number of hydrogen-bond donors (Lipinski definition) is 0. The fourth-order valence-corrected chi connectivity index (χ4v) is 11.7. The van der Waals surface area contributed by atoms with Crippen LogP contribution in [0.1, 0.15) is 47.2 Å². The van der Waals surface area contributed by atoms with Crippen molar-refractivity contribution in [3.63, 3.8) is 0 Å². The minimum absolute atomic E-state index is 0.0643. The zero-order valence-corrected chi connectivity index (χ0v) is 36.5. The molecule has 0 aliphatic heterocycles. The molecule has 0 radical (unpaired) electrons. The number of nitrogens with zero attached hydrogens (tertiary/aromatic N) is 1. The van der Waals surface area contributed by atoms with Crippen LogP contribution in [0.5, 0.6) is 0 Å². The van der Waals surface area contributed by atoms with Gasteiger partial charge in [0.1, 0.15) is 0 Å². The Morgan fingerprint density at radius 3 is 1.25 bits per heavy atom. The first kappa shape index (κ1) is 37.5. The van der Waals surface area contributed by atoms with Gasteiger partial charge in [-0.3, -0.25) is 0 Å². The van der Waals surface area contributed by atoms with Gasteiger partial charge in [-0.1, -0.05) is 208 Å². The lowest BCUT2D eigenvalue weighted by Crippen LogP contribution is -2.28. The fourth-order valence-electron chi connectivity index (χ4n) is 11.7. The van der Waals surface area contributed by atoms with Crippen LogP contribution >= 0.6 is 0 Å². The summed E-state index contributed by atoms with van der Waals surface area (Å²) < 4.78 is 0. The zero-order valence-electron chi connectivity index (χ0n) is 36.5. The molecule has 1 spiro atoms. The van der Waals surface area contributed by atoms with Gasteiger partial charge in [-0.25, -0.2) is 0 Å². The summed E-state index contributed by atoms with van der Waals surface area (Å²) in [6.45, 7) is 4.72. The molecule has 1 unspecified atom stereocenters. The molecule has 0 aromatic heterocycles. The second kappa shape index (κ2) is 14.3. The molecule has 0 heterocycles. The predicted molar refractivity (Wildman–Crippen MR) is 271 cm³/mol. The minimum atomic E-state index is -0.559. The molecule has 0 fully saturated rings. The lowest BCUT2D eigenvalue weighted by molar-refractivity contribution is 0.660. The van der Waals surface area contributed by atoms with Crippen LogP contribution in [0.15, 0.2) is 237 Å². The molecule has 1 nitrogen and oxygen atoms in total. The number of benzene rings is 10. The largest absolute Gasteiger partial charge is 0.310 e. The average molecular weight is 828 g/mol. The van der Waals surface area contributed by atoms with E-state index in [-0.39, 0.29) is 5.41 Å². The van der Waals surface area contributed by atoms with Crippen molar-refractivity contribution < 1.29 is 0 Å². The third kappa shape index (κ3) is 5.46. The third-order valence-corrected chi connectivity index (χ3v) is 14.7. The monoisotopic (exact) mass is 827 g/mol. The van der Waals surface area contributed by atoms with Crippen LogP contribution in [0.4, 0.5) is 17.1 Å². The summed E-state index contributed by atoms with van der Waals surface area (Å²) in [6, 6.07) is 88.3. The van der Waals surface area contributed by atoms with Gasteiger partial charge < -0.3 is 4.90 Å². The molecule has 0 N–H and O–H groups in total. The summed E-state index contributed by atoms with van der Waals surface area (Å²) in [5.41, 5.74) is 26.0. The van der Waals surface area contributed by atoms with Crippen LogP contribution in [0.2, 0.25) is 0 Å². The smallest absolute Gasteiger partial charge is 0.0746 e. The molecule has 0 amide bonds. The second-order valence-electron chi connectivity index (χ2n) is 18.4. The van der Waals surface area contributed by atoms with Crippen molar-refractivity contribution in [1.29, 1.82) is 0 Å². The van der Waals surface area contributed by atoms with E-state index in [2.05, 4.69) is 255 Å². The van der Waals surface area contributed by atoms with Gasteiger partial charge in [-0.15, -0.1) is 0 Å². The summed E-state index contributed by atoms with van der Waals surface area (Å²) >= 11 is 0. The second-order valence-corrected chi connectivity index (χ2v) is 18.4. The lowest BCUT2D eigenvalue weighted by Gasteiger charge is -2.36. The van der Waals surface area contributed by atoms with Gasteiger partial charge in [0.05, 0.1) is 11.1 Å². The van der Waals surface area contributed by atoms with Crippen LogP contribution in [-0.4, -0.2) is 0 Å². The Balaban J connectivity index is 1.03. The molecule has 13 rings (SSSR count). The topological polar surface area (TPSA) is 3.24 Å². The Bertz CT molecular complexity index is 3480. The summed E-state index contributed by atoms with van der Waals surface area (Å²) in [4.78, 5) is 2.51. The standard InChI is InChI=1S/C64H45N/c1-63(2)56-24-12-9-20-50(56)53-38-32-46(40-59(53)63)45-30-36-49(37-31-45)65(48-34-28-44(29-35-48)42-16-5-3-6-17-42)61-27-15-23-55-52-22-11-14-26-58(52)64(62(55)61)57-25-13-10-21-51(57)54-39-33-47(41-60(54)64)43-18-7-4-8-19-43/h3-41H,1-2H3. The molecule has 1 heteroatoms. The number of rotatable bonds is 6. The van der Waals surface area contributed by atoms with Crippen LogP contribution in [0.3, 0.4) is 0 Å². The molecule has 306 valence electrons. The van der Waals surface area contributed by atoms with Gasteiger partial charge in [0, 0.05) is 22.4 Å². The Morgan fingerprint density at radius 1 is 0.277 bits per heavy atom. The molecule has 0 saturated carbocycles. The van der Waals surface area contributed by atoms with Gasteiger partial charge >= 0.3 is 0 Å². The lowest BCUT2D eigenvalue weighted by atomic mass is 9.69. The van der Waals surface area contributed by atoms with Gasteiger partial charge in [0.25, 0.3) is 0 Å². The van der Waals surface area contributed by atoms with E-state index in [1.165, 1.54) is 106 Å². The fraction of sp³-hybridized carbons (Fsp3) is 0.0625. The van der Waals surface area contributed by atoms with E-state index in [0.717, 1.165) is 11.4 Å². The van der Waals surface area contributed by atoms with Crippen LogP contribution in [0, 0.1) is 0 Å². The highest BCUT2D eigenvalue weighted by molar-refractivity contribution is 6.00. The zero-order chi connectivity index (χ0) is 43.3. The highest BCUT2D eigenvalue weighted by Gasteiger charge is 2.53. The highest BCUT2D eigenvalue weighted by atomic mass is 15.1. The van der Waals surface area contributed by atoms with E-state index in [0.29, 0.717) is 0 Å². The van der Waals surface area contributed by atoms with Gasteiger partial charge in [0.2, 0.25) is 0 Å². The van der Waals surface area contributed by atoms with Crippen molar-refractivity contribution in [2.75, 3.05) is 4.90 Å². The Morgan fingerprint density at radius 2 is 0.662 bits per heavy atom. The van der Waals surface area contributed by atoms with Crippen LogP contribution in [-0.2, 0) is 10.8 Å². The Kier molecular flexibility index (Phi) is 8.24. The third-order valence-electron chi connectivity index (χ3n) is 14.7. The van der Waals surface area contributed by atoms with E-state index in [4.69, 9.17) is 0 Å². The van der Waals surface area contributed by atoms with Crippen LogP contribution < -0.4 is 4.90 Å². The van der Waals surface area contributed by atoms with E-state index in [1.807, 2.05) is 0 Å². The molecule has 3 aliphatic rings. The predicted octanol–water partition coefficient (Wildman–Crippen LogP) is 16.8. The van der Waals surface area contributed by atoms with Crippen LogP contribution in [0.25, 0.3) is 66.8 Å². The quantitative estimate of drug-likeness (QED) is 0.161. The van der Waals surface area contributed by atoms with E-state index in [9.17, 15) is 0 Å². The SMILES string of the molecule is CC1(C)c2ccccc2-c2ccc(-c3ccc(N(c4ccc(-c5ccccc5)cc4)c4cccc5c4C4(c6ccccc6-c6ccc(-c7ccccc7)cc64)c4ccccc4-5)cc3)cc21. The molecular formula is C64H45N. The maximum absolute atomic E-state index is 2.51. The Hall–Kier alpha value is -8.00. The van der Waals surface area contributed by atoms with Crippen molar-refractivity contribution in [2.45, 2.75) is 24.7 Å². The molecule has 65 heavy (non-hydrogen) atoms. The Labute approximate surface area is 381 Å². The number of hydrogen-bond acceptors (Lipinski definition) is 1. The van der Waals surface area contributed by atoms with Gasteiger partial charge in [-0.05, 0) is 137 Å². The average Bonchev–Trinajstić information content (AvgIpc) is 3.93. The van der Waals surface area contributed by atoms with Gasteiger partial charge in [-0.2, -0.15) is 0 Å². The first-order chi connectivity index (χ1) is 32.0. The summed E-state index contributed by atoms with van der Waals surface area (Å²) in [7, 11) is 0. The summed E-state index contributed by atoms with van der Waals surface area (Å²) in [5, 5.41) is 0. The van der Waals surface area contributed by atoms with Crippen molar-refractivity contribution in [1.82, 2.24) is 0 Å². The number of fused-ring (bicyclic) bond motifs is 13. The maximum Gasteiger partial charge on any atom is 0.0746 e. The molecule has 3 aliphatic carbocycles. The molecule has 10 aromatic carbocycles. The van der Waals surface area contributed by atoms with E-state index < -0.39 is 5.41 Å². The molecule has 10 aromatic rings. The van der Waals surface area contributed by atoms with Crippen molar-refractivity contribution in [3.8, 4) is 66.8 Å². The van der Waals surface area contributed by atoms with E-state index in [1.54, 1.807) is 0 Å². The van der Waals surface area contributed by atoms with Gasteiger partial charge in [0.15, 0.2) is 0 Å².